The Hall–Kier alpha value is -3.84. The van der Waals surface area contributed by atoms with E-state index in [9.17, 15) is 9.59 Å². The van der Waals surface area contributed by atoms with E-state index in [0.29, 0.717) is 36.8 Å². The number of hydrogen-bond acceptors (Lipinski definition) is 4. The van der Waals surface area contributed by atoms with Gasteiger partial charge in [0.1, 0.15) is 0 Å². The van der Waals surface area contributed by atoms with Gasteiger partial charge in [0.15, 0.2) is 11.4 Å². The number of para-hydroxylation sites is 1. The highest BCUT2D eigenvalue weighted by Gasteiger charge is 2.22. The molecule has 3 N–H and O–H groups in total. The van der Waals surface area contributed by atoms with Crippen LogP contribution in [0.15, 0.2) is 24.3 Å². The molecule has 0 bridgehead atoms. The fourth-order valence-corrected chi connectivity index (χ4v) is 2.75. The van der Waals surface area contributed by atoms with Gasteiger partial charge in [0.2, 0.25) is 0 Å². The van der Waals surface area contributed by atoms with E-state index in [1.165, 1.54) is 0 Å². The molecule has 134 valence electrons. The second-order valence-corrected chi connectivity index (χ2v) is 5.74. The van der Waals surface area contributed by atoms with Crippen LogP contribution in [0.4, 0.5) is 0 Å². The van der Waals surface area contributed by atoms with E-state index in [2.05, 4.69) is 37.7 Å². The van der Waals surface area contributed by atoms with E-state index in [0.717, 1.165) is 10.9 Å². The SMILES string of the molecule is C#CCCNC(=O)c1nnc(C(=O)NCCC#C)c2c1[nH]c1ccccc12. The number of benzene rings is 1. The van der Waals surface area contributed by atoms with Crippen molar-refractivity contribution >= 4 is 33.6 Å². The second kappa shape index (κ2) is 8.03. The van der Waals surface area contributed by atoms with E-state index in [-0.39, 0.29) is 11.4 Å². The van der Waals surface area contributed by atoms with Gasteiger partial charge in [-0.05, 0) is 6.07 Å². The van der Waals surface area contributed by atoms with E-state index in [1.54, 1.807) is 0 Å². The van der Waals surface area contributed by atoms with Gasteiger partial charge in [-0.15, -0.1) is 34.9 Å². The first kappa shape index (κ1) is 18.0. The zero-order chi connectivity index (χ0) is 19.2. The number of nitrogens with one attached hydrogen (secondary N) is 3. The summed E-state index contributed by atoms with van der Waals surface area (Å²) in [5.74, 6) is 4.11. The Morgan fingerprint density at radius 2 is 1.56 bits per heavy atom. The molecule has 0 saturated carbocycles. The van der Waals surface area contributed by atoms with Crippen LogP contribution in [0.2, 0.25) is 0 Å². The molecule has 0 spiro atoms. The fourth-order valence-electron chi connectivity index (χ4n) is 2.75. The van der Waals surface area contributed by atoms with E-state index >= 15 is 0 Å². The third-order valence-corrected chi connectivity index (χ3v) is 3.97. The van der Waals surface area contributed by atoms with Gasteiger partial charge < -0.3 is 15.6 Å². The van der Waals surface area contributed by atoms with Gasteiger partial charge in [0, 0.05) is 42.2 Å². The summed E-state index contributed by atoms with van der Waals surface area (Å²) >= 11 is 0. The molecule has 3 rings (SSSR count). The molecule has 2 heterocycles. The molecule has 2 amide bonds. The minimum absolute atomic E-state index is 0.110. The Balaban J connectivity index is 2.09. The molecule has 0 aliphatic heterocycles. The molecule has 0 fully saturated rings. The quantitative estimate of drug-likeness (QED) is 0.460. The molecule has 0 aliphatic carbocycles. The molecular weight excluding hydrogens is 342 g/mol. The van der Waals surface area contributed by atoms with Crippen molar-refractivity contribution in [2.24, 2.45) is 0 Å². The number of fused-ring (bicyclic) bond motifs is 3. The summed E-state index contributed by atoms with van der Waals surface area (Å²) in [6.07, 6.45) is 11.2. The Morgan fingerprint density at radius 1 is 0.963 bits per heavy atom. The van der Waals surface area contributed by atoms with Crippen molar-refractivity contribution in [1.29, 1.82) is 0 Å². The summed E-state index contributed by atoms with van der Waals surface area (Å²) in [6.45, 7) is 0.655. The lowest BCUT2D eigenvalue weighted by Gasteiger charge is -2.07. The summed E-state index contributed by atoms with van der Waals surface area (Å²) in [5.41, 5.74) is 1.47. The maximum Gasteiger partial charge on any atom is 0.274 e. The zero-order valence-corrected chi connectivity index (χ0v) is 14.5. The second-order valence-electron chi connectivity index (χ2n) is 5.74. The van der Waals surface area contributed by atoms with Gasteiger partial charge >= 0.3 is 0 Å². The Bertz CT molecular complexity index is 1100. The van der Waals surface area contributed by atoms with Crippen LogP contribution in [0.3, 0.4) is 0 Å². The molecule has 0 unspecified atom stereocenters. The van der Waals surface area contributed by atoms with Crippen LogP contribution in [-0.4, -0.2) is 40.1 Å². The Labute approximate surface area is 155 Å². The lowest BCUT2D eigenvalue weighted by molar-refractivity contribution is 0.0935. The average Bonchev–Trinajstić information content (AvgIpc) is 3.07. The minimum atomic E-state index is -0.409. The molecular formula is C20H17N5O2. The third-order valence-electron chi connectivity index (χ3n) is 3.97. The predicted molar refractivity (Wildman–Crippen MR) is 103 cm³/mol. The minimum Gasteiger partial charge on any atom is -0.352 e. The van der Waals surface area contributed by atoms with Gasteiger partial charge in [-0.1, -0.05) is 18.2 Å². The van der Waals surface area contributed by atoms with Crippen LogP contribution in [0, 0.1) is 24.7 Å². The van der Waals surface area contributed by atoms with Gasteiger partial charge in [0.05, 0.1) is 5.52 Å². The van der Waals surface area contributed by atoms with Crippen molar-refractivity contribution in [2.75, 3.05) is 13.1 Å². The van der Waals surface area contributed by atoms with Crippen molar-refractivity contribution in [3.8, 4) is 24.7 Å². The highest BCUT2D eigenvalue weighted by atomic mass is 16.2. The number of aromatic nitrogens is 3. The summed E-state index contributed by atoms with van der Waals surface area (Å²) in [5, 5.41) is 14.7. The van der Waals surface area contributed by atoms with Crippen molar-refractivity contribution in [3.05, 3.63) is 35.7 Å². The molecule has 0 radical (unpaired) electrons. The van der Waals surface area contributed by atoms with Crippen LogP contribution in [0.5, 0.6) is 0 Å². The largest absolute Gasteiger partial charge is 0.352 e. The summed E-state index contributed by atoms with van der Waals surface area (Å²) in [6, 6.07) is 7.42. The molecule has 7 heteroatoms. The first-order valence-corrected chi connectivity index (χ1v) is 8.37. The first-order valence-electron chi connectivity index (χ1n) is 8.37. The number of nitrogens with zero attached hydrogens (tertiary/aromatic N) is 2. The predicted octanol–water partition coefficient (Wildman–Crippen LogP) is 1.62. The van der Waals surface area contributed by atoms with E-state index in [4.69, 9.17) is 12.8 Å². The van der Waals surface area contributed by atoms with E-state index in [1.807, 2.05) is 24.3 Å². The van der Waals surface area contributed by atoms with Crippen LogP contribution in [0.1, 0.15) is 33.8 Å². The van der Waals surface area contributed by atoms with Crippen LogP contribution < -0.4 is 10.6 Å². The molecule has 27 heavy (non-hydrogen) atoms. The Kier molecular flexibility index (Phi) is 5.34. The molecule has 0 atom stereocenters. The molecule has 2 aromatic heterocycles. The Morgan fingerprint density at radius 3 is 2.22 bits per heavy atom. The molecule has 0 aliphatic rings. The molecule has 3 aromatic rings. The summed E-state index contributed by atoms with van der Waals surface area (Å²) < 4.78 is 0. The maximum absolute atomic E-state index is 12.5. The number of rotatable bonds is 6. The number of terminal acetylenes is 2. The lowest BCUT2D eigenvalue weighted by Crippen LogP contribution is -2.28. The highest BCUT2D eigenvalue weighted by molar-refractivity contribution is 6.20. The monoisotopic (exact) mass is 359 g/mol. The third kappa shape index (κ3) is 3.58. The number of aromatic amines is 1. The highest BCUT2D eigenvalue weighted by Crippen LogP contribution is 2.28. The zero-order valence-electron chi connectivity index (χ0n) is 14.5. The smallest absolute Gasteiger partial charge is 0.274 e. The van der Waals surface area contributed by atoms with Gasteiger partial charge in [-0.2, -0.15) is 0 Å². The van der Waals surface area contributed by atoms with Crippen LogP contribution >= 0.6 is 0 Å². The van der Waals surface area contributed by atoms with Gasteiger partial charge in [0.25, 0.3) is 11.8 Å². The topological polar surface area (TPSA) is 99.8 Å². The molecule has 1 aromatic carbocycles. The molecule has 7 nitrogen and oxygen atoms in total. The summed E-state index contributed by atoms with van der Waals surface area (Å²) in [4.78, 5) is 28.2. The summed E-state index contributed by atoms with van der Waals surface area (Å²) in [7, 11) is 0. The first-order chi connectivity index (χ1) is 13.2. The van der Waals surface area contributed by atoms with Crippen molar-refractivity contribution in [2.45, 2.75) is 12.8 Å². The number of hydrogen-bond donors (Lipinski definition) is 3. The van der Waals surface area contributed by atoms with Crippen molar-refractivity contribution < 1.29 is 9.59 Å². The molecule has 0 saturated heterocycles. The number of H-pyrrole nitrogens is 1. The lowest BCUT2D eigenvalue weighted by atomic mass is 10.1. The van der Waals surface area contributed by atoms with Gasteiger partial charge in [-0.3, -0.25) is 9.59 Å². The van der Waals surface area contributed by atoms with Crippen molar-refractivity contribution in [1.82, 2.24) is 25.8 Å². The standard InChI is InChI=1S/C20H17N5O2/c1-3-5-11-21-19(26)17-15-13-9-7-8-10-14(13)23-16(15)18(25-24-17)20(27)22-12-6-4-2/h1-2,7-10,23H,5-6,11-12H2,(H,21,26)(H,22,27). The van der Waals surface area contributed by atoms with E-state index < -0.39 is 11.8 Å². The fraction of sp³-hybridized carbons (Fsp3) is 0.200. The number of carbonyl (C=O) groups excluding carboxylic acids is 2. The number of amides is 2. The van der Waals surface area contributed by atoms with Gasteiger partial charge in [-0.25, -0.2) is 0 Å². The average molecular weight is 359 g/mol. The maximum atomic E-state index is 12.5. The normalized spacial score (nSPS) is 10.3. The number of carbonyl (C=O) groups is 2. The van der Waals surface area contributed by atoms with Crippen LogP contribution in [-0.2, 0) is 0 Å². The van der Waals surface area contributed by atoms with Crippen molar-refractivity contribution in [3.63, 3.8) is 0 Å². The van der Waals surface area contributed by atoms with Crippen LogP contribution in [0.25, 0.3) is 21.8 Å².